The summed E-state index contributed by atoms with van der Waals surface area (Å²) >= 11 is 0. The van der Waals surface area contributed by atoms with E-state index < -0.39 is 11.7 Å². The molecule has 0 bridgehead atoms. The van der Waals surface area contributed by atoms with Gasteiger partial charge in [0, 0.05) is 49.2 Å². The average molecular weight is 323 g/mol. The van der Waals surface area contributed by atoms with E-state index in [1.54, 1.807) is 6.07 Å². The van der Waals surface area contributed by atoms with Gasteiger partial charge in [0.05, 0.1) is 5.56 Å². The summed E-state index contributed by atoms with van der Waals surface area (Å²) in [4.78, 5) is 17.8. The third kappa shape index (κ3) is 2.38. The smallest absolute Gasteiger partial charge is 0.339 e. The van der Waals surface area contributed by atoms with E-state index in [1.165, 1.54) is 0 Å². The lowest BCUT2D eigenvalue weighted by Gasteiger charge is -2.32. The lowest BCUT2D eigenvalue weighted by Crippen LogP contribution is -2.41. The van der Waals surface area contributed by atoms with Gasteiger partial charge >= 0.3 is 6.18 Å². The summed E-state index contributed by atoms with van der Waals surface area (Å²) in [5.74, 6) is 0.192. The van der Waals surface area contributed by atoms with Crippen LogP contribution in [0.3, 0.4) is 0 Å². The Morgan fingerprint density at radius 2 is 2.04 bits per heavy atom. The number of hydrogen-bond acceptors (Lipinski definition) is 2. The molecular formula is C16H16F3N3O. The first kappa shape index (κ1) is 14.5. The predicted molar refractivity (Wildman–Crippen MR) is 77.8 cm³/mol. The molecule has 0 spiro atoms. The molecule has 0 aliphatic carbocycles. The van der Waals surface area contributed by atoms with Crippen molar-refractivity contribution in [2.75, 3.05) is 6.54 Å². The van der Waals surface area contributed by atoms with Crippen LogP contribution in [0.5, 0.6) is 0 Å². The van der Waals surface area contributed by atoms with E-state index in [0.29, 0.717) is 30.4 Å². The van der Waals surface area contributed by atoms with Crippen LogP contribution in [0, 0.1) is 0 Å². The first-order valence-electron chi connectivity index (χ1n) is 7.78. The van der Waals surface area contributed by atoms with Gasteiger partial charge in [0.15, 0.2) is 0 Å². The molecule has 1 saturated heterocycles. The molecule has 0 N–H and O–H groups in total. The molecule has 1 atom stereocenters. The highest BCUT2D eigenvalue weighted by molar-refractivity contribution is 5.80. The number of alkyl halides is 3. The van der Waals surface area contributed by atoms with Crippen molar-refractivity contribution in [2.45, 2.75) is 44.4 Å². The molecule has 4 heterocycles. The van der Waals surface area contributed by atoms with Crippen LogP contribution in [-0.2, 0) is 23.9 Å². The molecule has 4 rings (SSSR count). The molecule has 1 unspecified atom stereocenters. The zero-order chi connectivity index (χ0) is 16.2. The van der Waals surface area contributed by atoms with Crippen molar-refractivity contribution in [1.29, 1.82) is 0 Å². The summed E-state index contributed by atoms with van der Waals surface area (Å²) in [6.45, 7) is 1.48. The van der Waals surface area contributed by atoms with E-state index >= 15 is 0 Å². The van der Waals surface area contributed by atoms with Crippen LogP contribution in [0.1, 0.15) is 30.5 Å². The molecule has 23 heavy (non-hydrogen) atoms. The molecule has 0 aromatic carbocycles. The maximum Gasteiger partial charge on any atom is 0.417 e. The third-order valence-corrected chi connectivity index (χ3v) is 4.83. The van der Waals surface area contributed by atoms with E-state index in [-0.39, 0.29) is 11.9 Å². The fraction of sp³-hybridized carbons (Fsp3) is 0.500. The molecule has 2 aromatic heterocycles. The van der Waals surface area contributed by atoms with Gasteiger partial charge in [-0.25, -0.2) is 4.98 Å². The Morgan fingerprint density at radius 3 is 2.74 bits per heavy atom. The molecule has 1 fully saturated rings. The van der Waals surface area contributed by atoms with Gasteiger partial charge in [-0.2, -0.15) is 13.2 Å². The number of hydrogen-bond donors (Lipinski definition) is 0. The standard InChI is InChI=1S/C16H16F3N3O/c17-16(18,19)11-6-10-7-13-8-12(21-4-1-2-14(21)23)3-5-22(13)15(10)20-9-11/h6-7,9,12H,1-5,8H2. The number of aryl methyl sites for hydroxylation is 1. The number of fused-ring (bicyclic) bond motifs is 3. The normalized spacial score (nSPS) is 22.0. The topological polar surface area (TPSA) is 38.1 Å². The third-order valence-electron chi connectivity index (χ3n) is 4.83. The van der Waals surface area contributed by atoms with Gasteiger partial charge in [0.1, 0.15) is 5.65 Å². The van der Waals surface area contributed by atoms with Crippen LogP contribution in [0.25, 0.3) is 11.0 Å². The Bertz CT molecular complexity index is 781. The largest absolute Gasteiger partial charge is 0.417 e. The Kier molecular flexibility index (Phi) is 3.14. The minimum absolute atomic E-state index is 0.156. The molecule has 1 amide bonds. The van der Waals surface area contributed by atoms with Gasteiger partial charge in [0.2, 0.25) is 5.91 Å². The van der Waals surface area contributed by atoms with Crippen molar-refractivity contribution in [1.82, 2.24) is 14.5 Å². The number of rotatable bonds is 1. The van der Waals surface area contributed by atoms with Gasteiger partial charge < -0.3 is 9.47 Å². The molecule has 0 saturated carbocycles. The monoisotopic (exact) mass is 323 g/mol. The first-order valence-corrected chi connectivity index (χ1v) is 7.78. The molecule has 2 aliphatic rings. The van der Waals surface area contributed by atoms with Crippen LogP contribution >= 0.6 is 0 Å². The Hall–Kier alpha value is -2.05. The molecule has 2 aromatic rings. The van der Waals surface area contributed by atoms with E-state index in [1.807, 2.05) is 9.47 Å². The lowest BCUT2D eigenvalue weighted by atomic mass is 10.0. The van der Waals surface area contributed by atoms with E-state index in [9.17, 15) is 18.0 Å². The predicted octanol–water partition coefficient (Wildman–Crippen LogP) is 2.99. The molecule has 4 nitrogen and oxygen atoms in total. The maximum atomic E-state index is 12.8. The van der Waals surface area contributed by atoms with E-state index in [0.717, 1.165) is 37.3 Å². The average Bonchev–Trinajstić information content (AvgIpc) is 3.07. The summed E-state index contributed by atoms with van der Waals surface area (Å²) in [6, 6.07) is 3.09. The molecule has 2 aliphatic heterocycles. The minimum Gasteiger partial charge on any atom is -0.339 e. The van der Waals surface area contributed by atoms with Crippen molar-refractivity contribution >= 4 is 16.9 Å². The lowest BCUT2D eigenvalue weighted by molar-refractivity contribution is -0.137. The summed E-state index contributed by atoms with van der Waals surface area (Å²) in [5.41, 5.74) is 0.834. The quantitative estimate of drug-likeness (QED) is 0.809. The van der Waals surface area contributed by atoms with Gasteiger partial charge in [-0.3, -0.25) is 4.79 Å². The minimum atomic E-state index is -4.38. The SMILES string of the molecule is O=C1CCCN1C1CCn2c(cc3cc(C(F)(F)F)cnc32)C1. The van der Waals surface area contributed by atoms with Crippen molar-refractivity contribution in [3.8, 4) is 0 Å². The number of carbonyl (C=O) groups is 1. The molecule has 7 heteroatoms. The van der Waals surface area contributed by atoms with Gasteiger partial charge in [-0.05, 0) is 25.0 Å². The van der Waals surface area contributed by atoms with Gasteiger partial charge in [-0.15, -0.1) is 0 Å². The summed E-state index contributed by atoms with van der Waals surface area (Å²) in [7, 11) is 0. The second-order valence-electron chi connectivity index (χ2n) is 6.26. The second-order valence-corrected chi connectivity index (χ2v) is 6.26. The highest BCUT2D eigenvalue weighted by atomic mass is 19.4. The van der Waals surface area contributed by atoms with Crippen LogP contribution in [0.2, 0.25) is 0 Å². The van der Waals surface area contributed by atoms with Crippen LogP contribution in [0.15, 0.2) is 18.3 Å². The number of likely N-dealkylation sites (tertiary alicyclic amines) is 1. The van der Waals surface area contributed by atoms with Crippen LogP contribution in [0.4, 0.5) is 13.2 Å². The molecule has 0 radical (unpaired) electrons. The fourth-order valence-corrected chi connectivity index (χ4v) is 3.72. The number of amides is 1. The van der Waals surface area contributed by atoms with Crippen molar-refractivity contribution in [3.63, 3.8) is 0 Å². The summed E-state index contributed by atoms with van der Waals surface area (Å²) < 4.78 is 40.4. The second kappa shape index (κ2) is 4.97. The Balaban J connectivity index is 1.68. The first-order chi connectivity index (χ1) is 10.9. The van der Waals surface area contributed by atoms with E-state index in [4.69, 9.17) is 0 Å². The Morgan fingerprint density at radius 1 is 1.22 bits per heavy atom. The van der Waals surface area contributed by atoms with Crippen LogP contribution < -0.4 is 0 Å². The van der Waals surface area contributed by atoms with Gasteiger partial charge in [-0.1, -0.05) is 0 Å². The van der Waals surface area contributed by atoms with Crippen molar-refractivity contribution in [3.05, 3.63) is 29.6 Å². The number of pyridine rings is 1. The fourth-order valence-electron chi connectivity index (χ4n) is 3.72. The van der Waals surface area contributed by atoms with Crippen molar-refractivity contribution in [2.24, 2.45) is 0 Å². The number of aromatic nitrogens is 2. The van der Waals surface area contributed by atoms with Crippen molar-refractivity contribution < 1.29 is 18.0 Å². The highest BCUT2D eigenvalue weighted by Crippen LogP contribution is 2.33. The number of halogens is 3. The number of nitrogens with zero attached hydrogens (tertiary/aromatic N) is 3. The maximum absolute atomic E-state index is 12.8. The zero-order valence-electron chi connectivity index (χ0n) is 12.4. The summed E-state index contributed by atoms with van der Waals surface area (Å²) in [6.07, 6.45) is -0.473. The molecule has 122 valence electrons. The van der Waals surface area contributed by atoms with Crippen LogP contribution in [-0.4, -0.2) is 32.9 Å². The highest BCUT2D eigenvalue weighted by Gasteiger charge is 2.33. The van der Waals surface area contributed by atoms with Gasteiger partial charge in [0.25, 0.3) is 0 Å². The Labute approximate surface area is 130 Å². The number of carbonyl (C=O) groups excluding carboxylic acids is 1. The summed E-state index contributed by atoms with van der Waals surface area (Å²) in [5, 5.41) is 0.517. The molecular weight excluding hydrogens is 307 g/mol. The zero-order valence-corrected chi connectivity index (χ0v) is 12.4. The van der Waals surface area contributed by atoms with E-state index in [2.05, 4.69) is 4.98 Å².